The Morgan fingerprint density at radius 2 is 0.857 bits per heavy atom. The van der Waals surface area contributed by atoms with E-state index in [9.17, 15) is 38.9 Å². The molecule has 0 saturated carbocycles. The second-order valence-corrected chi connectivity index (χ2v) is 21.4. The van der Waals surface area contributed by atoms with Crippen LogP contribution < -0.4 is 114 Å². The van der Waals surface area contributed by atoms with Crippen LogP contribution in [0, 0.1) is 0 Å². The van der Waals surface area contributed by atoms with Crippen LogP contribution in [0.3, 0.4) is 0 Å². The Kier molecular flexibility index (Phi) is 16.7. The zero-order valence-electron chi connectivity index (χ0n) is 38.5. The second kappa shape index (κ2) is 21.0. The number of hydrogen-bond donors (Lipinski definition) is 0. The smallest absolute Gasteiger partial charge is 0.744 e. The van der Waals surface area contributed by atoms with E-state index in [2.05, 4.69) is 0 Å². The van der Waals surface area contributed by atoms with Crippen LogP contribution in [0.5, 0.6) is 34.5 Å². The molecule has 0 spiro atoms. The molecule has 0 fully saturated rings. The van der Waals surface area contributed by atoms with Gasteiger partial charge in [0.15, 0.2) is 0 Å². The van der Waals surface area contributed by atoms with E-state index < -0.39 is 56.2 Å². The number of para-hydroxylation sites is 1. The van der Waals surface area contributed by atoms with E-state index in [0.717, 1.165) is 41.0 Å². The van der Waals surface area contributed by atoms with Gasteiger partial charge in [0.25, 0.3) is 11.1 Å². The van der Waals surface area contributed by atoms with Gasteiger partial charge in [0.2, 0.25) is 0 Å². The van der Waals surface area contributed by atoms with Crippen molar-refractivity contribution in [1.82, 2.24) is 4.57 Å². The summed E-state index contributed by atoms with van der Waals surface area (Å²) >= 11 is 1.25. The maximum atomic E-state index is 15.5. The molecule has 0 aliphatic heterocycles. The van der Waals surface area contributed by atoms with Gasteiger partial charge in [-0.15, -0.1) is 11.3 Å². The van der Waals surface area contributed by atoms with Gasteiger partial charge in [-0.3, -0.25) is 9.59 Å². The molecule has 0 N–H and O–H groups in total. The third kappa shape index (κ3) is 10.7. The van der Waals surface area contributed by atoms with E-state index in [1.54, 1.807) is 30.3 Å². The Hall–Kier alpha value is -3.71. The first-order valence-electron chi connectivity index (χ1n) is 20.3. The van der Waals surface area contributed by atoms with E-state index in [1.807, 2.05) is 45.9 Å². The fraction of sp³-hybridized carbons (Fsp3) is 0.125. The second-order valence-electron chi connectivity index (χ2n) is 16.2. The number of ether oxygens (including phenoxy) is 3. The van der Waals surface area contributed by atoms with Crippen molar-refractivity contribution in [3.8, 4) is 40.2 Å². The molecule has 9 aromatic rings. The molecule has 2 heterocycles. The molecule has 22 heteroatoms. The van der Waals surface area contributed by atoms with E-state index >= 15 is 9.59 Å². The van der Waals surface area contributed by atoms with Gasteiger partial charge in [0.05, 0.1) is 31.1 Å². The summed E-state index contributed by atoms with van der Waals surface area (Å²) < 4.78 is 127. The molecule has 7 aromatic carbocycles. The largest absolute Gasteiger partial charge is 1.00 e. The molecule has 0 amide bonds. The minimum atomic E-state index is -4.83. The van der Waals surface area contributed by atoms with Crippen LogP contribution in [-0.2, 0) is 30.4 Å². The number of benzene rings is 7. The number of pyridine rings is 1. The summed E-state index contributed by atoms with van der Waals surface area (Å²) in [5.74, 6) is 0.221. The van der Waals surface area contributed by atoms with Gasteiger partial charge < -0.3 is 27.9 Å². The van der Waals surface area contributed by atoms with Crippen molar-refractivity contribution in [3.05, 3.63) is 153 Å². The van der Waals surface area contributed by atoms with Gasteiger partial charge in [0, 0.05) is 20.2 Å². The number of aromatic nitrogens is 1. The minimum Gasteiger partial charge on any atom is -0.744 e. The Bertz CT molecular complexity index is 3900. The first-order valence-corrected chi connectivity index (χ1v) is 25.4. The number of nitrogens with zero attached hydrogens (tertiary/aromatic N) is 1. The van der Waals surface area contributed by atoms with E-state index in [0.29, 0.717) is 48.1 Å². The van der Waals surface area contributed by atoms with Gasteiger partial charge in [-0.25, -0.2) is 29.8 Å². The summed E-state index contributed by atoms with van der Waals surface area (Å²) in [5.41, 5.74) is 0.284. The Balaban J connectivity index is 0.00000268. The monoisotopic (exact) mass is 1050 g/mol. The molecule has 0 saturated heterocycles. The fourth-order valence-corrected chi connectivity index (χ4v) is 10.7. The van der Waals surface area contributed by atoms with Crippen molar-refractivity contribution in [1.29, 1.82) is 0 Å². The summed E-state index contributed by atoms with van der Waals surface area (Å²) in [4.78, 5) is 29.6. The zero-order chi connectivity index (χ0) is 47.9. The zero-order valence-corrected chi connectivity index (χ0v) is 47.8. The Labute approximate surface area is 471 Å². The molecule has 0 aliphatic rings. The summed E-state index contributed by atoms with van der Waals surface area (Å²) in [5, 5.41) is 1.66. The van der Waals surface area contributed by atoms with Gasteiger partial charge >= 0.3 is 88.7 Å². The average Bonchev–Trinajstić information content (AvgIpc) is 3.25. The van der Waals surface area contributed by atoms with Crippen LogP contribution in [0.2, 0.25) is 0 Å². The van der Waals surface area contributed by atoms with Gasteiger partial charge in [0.1, 0.15) is 64.9 Å². The molecule has 0 unspecified atom stereocenters. The molecule has 70 heavy (non-hydrogen) atoms. The quantitative estimate of drug-likeness (QED) is 0.0708. The Morgan fingerprint density at radius 3 is 1.27 bits per heavy atom. The molecule has 0 radical (unpaired) electrons. The summed E-state index contributed by atoms with van der Waals surface area (Å²) in [6, 6.07) is 28.1. The molecular formula is C48H34NNa3O14S4. The van der Waals surface area contributed by atoms with Crippen molar-refractivity contribution in [3.63, 3.8) is 0 Å². The van der Waals surface area contributed by atoms with Crippen LogP contribution in [0.1, 0.15) is 50.7 Å². The predicted octanol–water partition coefficient (Wildman–Crippen LogP) is 0.658. The van der Waals surface area contributed by atoms with Crippen LogP contribution in [-0.4, -0.2) is 43.5 Å². The van der Waals surface area contributed by atoms with Crippen LogP contribution >= 0.6 is 11.3 Å². The number of fused-ring (bicyclic) bond motifs is 2. The van der Waals surface area contributed by atoms with Gasteiger partial charge in [-0.05, 0) is 137 Å². The third-order valence-electron chi connectivity index (χ3n) is 11.2. The SMILES string of the molecule is CC(C)c1cccc(C(C)C)c1-n1c(=O)c2c(Oc3ccc(S(=O)(=O)[O-])cc3)cc3sc4cc(Oc5ccc(S(=O)(=O)[O-])cc5)ccc4c4cc(Oc5ccc(S(=O)(=O)[O-])cc5)c(c1=O)c2c34.[Na+].[Na+].[Na+]. The summed E-state index contributed by atoms with van der Waals surface area (Å²) in [6.07, 6.45) is 0. The topological polar surface area (TPSA) is 238 Å². The fourth-order valence-electron chi connectivity index (χ4n) is 8.12. The first-order chi connectivity index (χ1) is 31.6. The molecule has 0 aliphatic carbocycles. The van der Waals surface area contributed by atoms with Gasteiger partial charge in [-0.1, -0.05) is 45.9 Å². The van der Waals surface area contributed by atoms with E-state index in [4.69, 9.17) is 14.2 Å². The number of rotatable bonds is 12. The maximum absolute atomic E-state index is 15.5. The third-order valence-corrected chi connectivity index (χ3v) is 14.8. The number of hydrogen-bond acceptors (Lipinski definition) is 15. The Morgan fingerprint density at radius 1 is 0.457 bits per heavy atom. The summed E-state index contributed by atoms with van der Waals surface area (Å²) in [7, 11) is -14.4. The molecule has 0 bridgehead atoms. The summed E-state index contributed by atoms with van der Waals surface area (Å²) in [6.45, 7) is 7.74. The predicted molar refractivity (Wildman–Crippen MR) is 249 cm³/mol. The standard InChI is InChI=1S/C48H37NO14S4.3Na/c1-25(2)34-6-5-7-35(26(3)4)46(34)49-47(50)43-38(62-28-10-17-32(18-11-28)66(55,56)57)23-37-36-21-14-30(61-27-8-15-31(16-9-27)65(52,53)54)22-40(36)64-41-24-39(44(48(49)51)45(43)42(37)41)63-29-12-19-33(20-13-29)67(58,59)60;;;/h5-26H,1-4H3,(H,52,53,54)(H,55,56,57)(H,58,59,60);;;/q;3*+1/p-3. The molecule has 9 rings (SSSR count). The van der Waals surface area contributed by atoms with E-state index in [-0.39, 0.29) is 145 Å². The molecule has 342 valence electrons. The van der Waals surface area contributed by atoms with Crippen LogP contribution in [0.15, 0.2) is 146 Å². The van der Waals surface area contributed by atoms with Crippen molar-refractivity contribution >= 4 is 83.4 Å². The average molecular weight is 1050 g/mol. The molecule has 2 aromatic heterocycles. The van der Waals surface area contributed by atoms with Crippen LogP contribution in [0.25, 0.3) is 47.4 Å². The van der Waals surface area contributed by atoms with Crippen molar-refractivity contribution < 1.29 is 142 Å². The van der Waals surface area contributed by atoms with Crippen LogP contribution in [0.4, 0.5) is 0 Å². The normalized spacial score (nSPS) is 12.0. The van der Waals surface area contributed by atoms with E-state index in [1.165, 1.54) is 47.7 Å². The van der Waals surface area contributed by atoms with Crippen molar-refractivity contribution in [2.24, 2.45) is 0 Å². The van der Waals surface area contributed by atoms with Crippen molar-refractivity contribution in [2.45, 2.75) is 54.2 Å². The maximum Gasteiger partial charge on any atom is 1.00 e. The first kappa shape index (κ1) is 55.6. The molecule has 15 nitrogen and oxygen atoms in total. The van der Waals surface area contributed by atoms with Gasteiger partial charge in [-0.2, -0.15) is 0 Å². The van der Waals surface area contributed by atoms with Crippen molar-refractivity contribution in [2.75, 3.05) is 0 Å². The molecular weight excluding hydrogens is 1010 g/mol. The minimum absolute atomic E-state index is 0. The molecule has 0 atom stereocenters.